The SMILES string of the molecule is N=C1NC(=O)N/C1=C(/N)N1CCC(N)(c2nc3ccccc3o2)CC1. The van der Waals surface area contributed by atoms with E-state index in [1.807, 2.05) is 29.2 Å². The zero-order valence-corrected chi connectivity index (χ0v) is 13.5. The predicted molar refractivity (Wildman–Crippen MR) is 91.3 cm³/mol. The number of rotatable bonds is 2. The fraction of sp³-hybridized carbons (Fsp3) is 0.312. The van der Waals surface area contributed by atoms with Crippen LogP contribution >= 0.6 is 0 Å². The summed E-state index contributed by atoms with van der Waals surface area (Å²) in [6, 6.07) is 7.12. The number of nitrogens with zero attached hydrogens (tertiary/aromatic N) is 2. The van der Waals surface area contributed by atoms with E-state index in [-0.39, 0.29) is 5.84 Å². The van der Waals surface area contributed by atoms with Gasteiger partial charge in [0.05, 0.1) is 5.54 Å². The molecule has 0 spiro atoms. The topological polar surface area (TPSA) is 146 Å². The van der Waals surface area contributed by atoms with E-state index in [0.29, 0.717) is 43.3 Å². The van der Waals surface area contributed by atoms with E-state index in [1.54, 1.807) is 0 Å². The van der Waals surface area contributed by atoms with Crippen molar-refractivity contribution in [3.05, 3.63) is 41.7 Å². The highest BCUT2D eigenvalue weighted by atomic mass is 16.4. The molecule has 2 saturated heterocycles. The first-order chi connectivity index (χ1) is 12.0. The normalized spacial score (nSPS) is 22.0. The zero-order chi connectivity index (χ0) is 17.6. The first-order valence-electron chi connectivity index (χ1n) is 8.03. The maximum absolute atomic E-state index is 11.3. The number of fused-ring (bicyclic) bond motifs is 1. The van der Waals surface area contributed by atoms with Crippen molar-refractivity contribution in [1.82, 2.24) is 20.5 Å². The molecule has 4 rings (SSSR count). The first kappa shape index (κ1) is 15.5. The van der Waals surface area contributed by atoms with E-state index in [0.717, 1.165) is 11.1 Å². The number of carbonyl (C=O) groups is 1. The number of piperidine rings is 1. The Hall–Kier alpha value is -3.07. The van der Waals surface area contributed by atoms with Gasteiger partial charge in [0, 0.05) is 13.1 Å². The summed E-state index contributed by atoms with van der Waals surface area (Å²) in [5.41, 5.74) is 13.8. The number of aromatic nitrogens is 1. The molecule has 0 saturated carbocycles. The molecule has 2 aliphatic rings. The fourth-order valence-electron chi connectivity index (χ4n) is 3.18. The third-order valence-corrected chi connectivity index (χ3v) is 4.70. The monoisotopic (exact) mass is 341 g/mol. The molecular weight excluding hydrogens is 322 g/mol. The van der Waals surface area contributed by atoms with Gasteiger partial charge in [0.15, 0.2) is 11.4 Å². The second-order valence-corrected chi connectivity index (χ2v) is 6.34. The number of benzene rings is 1. The molecular formula is C16H19N7O2. The predicted octanol–water partition coefficient (Wildman–Crippen LogP) is 0.495. The van der Waals surface area contributed by atoms with Crippen molar-refractivity contribution >= 4 is 23.0 Å². The van der Waals surface area contributed by atoms with Crippen molar-refractivity contribution in [1.29, 1.82) is 5.41 Å². The molecule has 2 fully saturated rings. The number of carbonyl (C=O) groups excluding carboxylic acids is 1. The number of amidine groups is 1. The van der Waals surface area contributed by atoms with Gasteiger partial charge in [-0.15, -0.1) is 0 Å². The number of likely N-dealkylation sites (tertiary alicyclic amines) is 1. The van der Waals surface area contributed by atoms with Crippen LogP contribution in [0.4, 0.5) is 4.79 Å². The molecule has 0 bridgehead atoms. The highest BCUT2D eigenvalue weighted by Gasteiger charge is 2.38. The van der Waals surface area contributed by atoms with Crippen LogP contribution in [0.1, 0.15) is 18.7 Å². The largest absolute Gasteiger partial charge is 0.439 e. The molecule has 0 aliphatic carbocycles. The quantitative estimate of drug-likeness (QED) is 0.537. The van der Waals surface area contributed by atoms with Crippen LogP contribution in [0.5, 0.6) is 0 Å². The molecule has 0 atom stereocenters. The average molecular weight is 341 g/mol. The zero-order valence-electron chi connectivity index (χ0n) is 13.5. The molecule has 1 aromatic carbocycles. The second kappa shape index (κ2) is 5.49. The van der Waals surface area contributed by atoms with Crippen molar-refractivity contribution in [2.24, 2.45) is 11.5 Å². The van der Waals surface area contributed by atoms with Crippen LogP contribution in [0.25, 0.3) is 11.1 Å². The second-order valence-electron chi connectivity index (χ2n) is 6.34. The lowest BCUT2D eigenvalue weighted by Gasteiger charge is -2.38. The van der Waals surface area contributed by atoms with Crippen LogP contribution in [0, 0.1) is 5.41 Å². The molecule has 9 nitrogen and oxygen atoms in total. The Morgan fingerprint density at radius 2 is 2.00 bits per heavy atom. The Morgan fingerprint density at radius 1 is 1.28 bits per heavy atom. The van der Waals surface area contributed by atoms with Crippen molar-refractivity contribution in [3.8, 4) is 0 Å². The van der Waals surface area contributed by atoms with E-state index in [1.165, 1.54) is 0 Å². The maximum Gasteiger partial charge on any atom is 0.325 e. The van der Waals surface area contributed by atoms with Crippen LogP contribution in [0.3, 0.4) is 0 Å². The molecule has 9 heteroatoms. The number of oxazole rings is 1. The van der Waals surface area contributed by atoms with E-state index in [2.05, 4.69) is 15.6 Å². The molecule has 2 aliphatic heterocycles. The number of hydrogen-bond donors (Lipinski definition) is 5. The summed E-state index contributed by atoms with van der Waals surface area (Å²) in [6.07, 6.45) is 1.20. The van der Waals surface area contributed by atoms with Gasteiger partial charge in [-0.2, -0.15) is 0 Å². The number of urea groups is 1. The van der Waals surface area contributed by atoms with Gasteiger partial charge in [-0.25, -0.2) is 9.78 Å². The van der Waals surface area contributed by atoms with Gasteiger partial charge >= 0.3 is 6.03 Å². The lowest BCUT2D eigenvalue weighted by Crippen LogP contribution is -2.49. The minimum Gasteiger partial charge on any atom is -0.439 e. The summed E-state index contributed by atoms with van der Waals surface area (Å²) in [4.78, 5) is 17.7. The number of para-hydroxylation sites is 2. The van der Waals surface area contributed by atoms with Crippen molar-refractivity contribution in [3.63, 3.8) is 0 Å². The number of hydrogen-bond acceptors (Lipinski definition) is 7. The van der Waals surface area contributed by atoms with Crippen LogP contribution in [0.2, 0.25) is 0 Å². The standard InChI is InChI=1S/C16H19N7O2/c17-12-11(21-15(24)22-12)13(18)23-7-5-16(19,6-8-23)14-20-9-3-1-2-4-10(9)25-14/h1-4H,5-8,18-19H2,(H3,17,21,22,24)/b13-11-. The molecule has 1 aromatic heterocycles. The van der Waals surface area contributed by atoms with E-state index >= 15 is 0 Å². The molecule has 2 aromatic rings. The summed E-state index contributed by atoms with van der Waals surface area (Å²) in [5, 5.41) is 12.7. The van der Waals surface area contributed by atoms with Gasteiger partial charge in [0.2, 0.25) is 5.89 Å². The van der Waals surface area contributed by atoms with Crippen LogP contribution in [-0.2, 0) is 5.54 Å². The van der Waals surface area contributed by atoms with Crippen molar-refractivity contribution < 1.29 is 9.21 Å². The number of amides is 2. The van der Waals surface area contributed by atoms with Crippen LogP contribution in [0.15, 0.2) is 40.2 Å². The lowest BCUT2D eigenvalue weighted by atomic mass is 9.88. The van der Waals surface area contributed by atoms with Crippen molar-refractivity contribution in [2.75, 3.05) is 13.1 Å². The van der Waals surface area contributed by atoms with Gasteiger partial charge in [-0.1, -0.05) is 12.1 Å². The maximum atomic E-state index is 11.3. The molecule has 3 heterocycles. The van der Waals surface area contributed by atoms with Crippen molar-refractivity contribution in [2.45, 2.75) is 18.4 Å². The van der Waals surface area contributed by atoms with Gasteiger partial charge in [-0.3, -0.25) is 10.7 Å². The van der Waals surface area contributed by atoms with Gasteiger partial charge in [0.25, 0.3) is 0 Å². The number of nitrogens with two attached hydrogens (primary N) is 2. The molecule has 130 valence electrons. The van der Waals surface area contributed by atoms with E-state index < -0.39 is 11.6 Å². The average Bonchev–Trinajstić information content (AvgIpc) is 3.18. The lowest BCUT2D eigenvalue weighted by molar-refractivity contribution is 0.170. The van der Waals surface area contributed by atoms with E-state index in [4.69, 9.17) is 21.3 Å². The minimum absolute atomic E-state index is 0.0222. The van der Waals surface area contributed by atoms with Gasteiger partial charge < -0.3 is 26.1 Å². The Balaban J connectivity index is 1.53. The minimum atomic E-state index is -0.662. The Bertz CT molecular complexity index is 860. The summed E-state index contributed by atoms with van der Waals surface area (Å²) in [5.74, 6) is 0.872. The Kier molecular flexibility index (Phi) is 3.39. The highest BCUT2D eigenvalue weighted by molar-refractivity contribution is 6.13. The first-order valence-corrected chi connectivity index (χ1v) is 8.03. The molecule has 2 amide bonds. The van der Waals surface area contributed by atoms with Crippen LogP contribution < -0.4 is 22.1 Å². The third-order valence-electron chi connectivity index (χ3n) is 4.70. The molecule has 0 radical (unpaired) electrons. The van der Waals surface area contributed by atoms with Gasteiger partial charge in [-0.05, 0) is 25.0 Å². The Labute approximate surface area is 143 Å². The summed E-state index contributed by atoms with van der Waals surface area (Å²) >= 11 is 0. The smallest absolute Gasteiger partial charge is 0.325 e. The summed E-state index contributed by atoms with van der Waals surface area (Å²) < 4.78 is 5.84. The summed E-state index contributed by atoms with van der Waals surface area (Å²) in [7, 11) is 0. The third kappa shape index (κ3) is 2.58. The molecule has 7 N–H and O–H groups in total. The molecule has 0 unspecified atom stereocenters. The highest BCUT2D eigenvalue weighted by Crippen LogP contribution is 2.32. The van der Waals surface area contributed by atoms with Crippen LogP contribution in [-0.4, -0.2) is 34.8 Å². The fourth-order valence-corrected chi connectivity index (χ4v) is 3.18. The van der Waals surface area contributed by atoms with Gasteiger partial charge in [0.1, 0.15) is 17.0 Å². The Morgan fingerprint density at radius 3 is 2.64 bits per heavy atom. The van der Waals surface area contributed by atoms with E-state index in [9.17, 15) is 4.79 Å². The summed E-state index contributed by atoms with van der Waals surface area (Å²) in [6.45, 7) is 1.15. The number of nitrogens with one attached hydrogen (secondary N) is 3. The molecule has 25 heavy (non-hydrogen) atoms.